The third-order valence-electron chi connectivity index (χ3n) is 5.52. The number of ether oxygens (including phenoxy) is 1. The number of nitrogens with one attached hydrogen (secondary N) is 2. The first-order chi connectivity index (χ1) is 15.1. The molecule has 0 amide bonds. The fourth-order valence-electron chi connectivity index (χ4n) is 3.82. The molecule has 1 aliphatic rings. The Labute approximate surface area is 187 Å². The molecule has 7 heteroatoms. The van der Waals surface area contributed by atoms with Crippen LogP contribution in [0.5, 0.6) is 5.75 Å². The molecule has 1 aliphatic carbocycles. The summed E-state index contributed by atoms with van der Waals surface area (Å²) in [7, 11) is 1.03. The first-order valence-electron chi connectivity index (χ1n) is 10.9. The molecule has 5 nitrogen and oxygen atoms in total. The van der Waals surface area contributed by atoms with Crippen molar-refractivity contribution < 1.29 is 13.3 Å². The van der Waals surface area contributed by atoms with Gasteiger partial charge in [-0.1, -0.05) is 37.6 Å². The van der Waals surface area contributed by atoms with Crippen molar-refractivity contribution in [3.63, 3.8) is 0 Å². The van der Waals surface area contributed by atoms with E-state index in [0.717, 1.165) is 54.3 Å². The average Bonchev–Trinajstić information content (AvgIpc) is 2.80. The summed E-state index contributed by atoms with van der Waals surface area (Å²) >= 11 is 0. The van der Waals surface area contributed by atoms with Crippen molar-refractivity contribution in [1.82, 2.24) is 10.6 Å². The van der Waals surface area contributed by atoms with Crippen LogP contribution in [0.2, 0.25) is 0 Å². The Bertz CT molecular complexity index is 889. The van der Waals surface area contributed by atoms with E-state index in [1.54, 1.807) is 13.1 Å². The number of aliphatic imine (C=N–C) groups is 1. The van der Waals surface area contributed by atoms with E-state index >= 15 is 0 Å². The van der Waals surface area contributed by atoms with Crippen LogP contribution in [0.1, 0.15) is 43.7 Å². The highest BCUT2D eigenvalue weighted by Crippen LogP contribution is 2.23. The molecular formula is C24H32FN3O2S. The van der Waals surface area contributed by atoms with Crippen LogP contribution < -0.4 is 15.4 Å². The van der Waals surface area contributed by atoms with Crippen molar-refractivity contribution in [2.75, 3.05) is 12.8 Å². The van der Waals surface area contributed by atoms with Gasteiger partial charge in [-0.25, -0.2) is 4.39 Å². The molecule has 0 aliphatic heterocycles. The maximum atomic E-state index is 13.3. The van der Waals surface area contributed by atoms with Crippen molar-refractivity contribution in [2.24, 2.45) is 4.99 Å². The second kappa shape index (κ2) is 11.8. The minimum atomic E-state index is -0.733. The SMILES string of the molecule is CCS(=O)C1CCCC(NC(=NC)NCc2ccc(OCc3cccc(F)c3)cc2)C1. The van der Waals surface area contributed by atoms with E-state index in [-0.39, 0.29) is 11.1 Å². The fourth-order valence-corrected chi connectivity index (χ4v) is 5.17. The Morgan fingerprint density at radius 3 is 2.71 bits per heavy atom. The number of nitrogens with zero attached hydrogens (tertiary/aromatic N) is 1. The maximum absolute atomic E-state index is 13.3. The van der Waals surface area contributed by atoms with Crippen LogP contribution in [0.3, 0.4) is 0 Å². The Hall–Kier alpha value is -2.41. The molecule has 2 aromatic rings. The second-order valence-electron chi connectivity index (χ2n) is 7.79. The molecule has 168 valence electrons. The molecular weight excluding hydrogens is 413 g/mol. The molecule has 3 unspecified atom stereocenters. The van der Waals surface area contributed by atoms with Gasteiger partial charge in [0.15, 0.2) is 5.96 Å². The van der Waals surface area contributed by atoms with Crippen LogP contribution >= 0.6 is 0 Å². The number of guanidine groups is 1. The van der Waals surface area contributed by atoms with E-state index in [2.05, 4.69) is 15.6 Å². The van der Waals surface area contributed by atoms with Gasteiger partial charge < -0.3 is 15.4 Å². The Morgan fingerprint density at radius 1 is 1.19 bits per heavy atom. The molecule has 0 spiro atoms. The van der Waals surface area contributed by atoms with Gasteiger partial charge in [0.05, 0.1) is 0 Å². The van der Waals surface area contributed by atoms with E-state index in [9.17, 15) is 8.60 Å². The third-order valence-corrected chi connectivity index (χ3v) is 7.27. The van der Waals surface area contributed by atoms with Gasteiger partial charge >= 0.3 is 0 Å². The summed E-state index contributed by atoms with van der Waals surface area (Å²) < 4.78 is 31.2. The molecule has 2 aromatic carbocycles. The lowest BCUT2D eigenvalue weighted by Gasteiger charge is -2.30. The lowest BCUT2D eigenvalue weighted by Crippen LogP contribution is -2.46. The number of hydrogen-bond acceptors (Lipinski definition) is 3. The molecule has 2 N–H and O–H groups in total. The normalized spacial score (nSPS) is 20.2. The predicted octanol–water partition coefficient (Wildman–Crippen LogP) is 4.15. The van der Waals surface area contributed by atoms with Crippen LogP contribution in [0.4, 0.5) is 4.39 Å². The van der Waals surface area contributed by atoms with E-state index < -0.39 is 10.8 Å². The van der Waals surface area contributed by atoms with Crippen LogP contribution in [0, 0.1) is 5.82 Å². The molecule has 3 rings (SSSR count). The monoisotopic (exact) mass is 445 g/mol. The number of benzene rings is 2. The summed E-state index contributed by atoms with van der Waals surface area (Å²) in [6.45, 7) is 2.96. The Morgan fingerprint density at radius 2 is 2.00 bits per heavy atom. The Kier molecular flexibility index (Phi) is 8.88. The lowest BCUT2D eigenvalue weighted by molar-refractivity contribution is 0.305. The summed E-state index contributed by atoms with van der Waals surface area (Å²) in [5.41, 5.74) is 1.91. The summed E-state index contributed by atoms with van der Waals surface area (Å²) in [5.74, 6) is 1.98. The molecule has 0 saturated heterocycles. The molecule has 3 atom stereocenters. The minimum Gasteiger partial charge on any atom is -0.489 e. The number of halogens is 1. The van der Waals surface area contributed by atoms with E-state index in [1.165, 1.54) is 12.1 Å². The van der Waals surface area contributed by atoms with Crippen molar-refractivity contribution in [1.29, 1.82) is 0 Å². The maximum Gasteiger partial charge on any atom is 0.191 e. The molecule has 31 heavy (non-hydrogen) atoms. The first kappa shape index (κ1) is 23.3. The highest BCUT2D eigenvalue weighted by Gasteiger charge is 2.25. The largest absolute Gasteiger partial charge is 0.489 e. The van der Waals surface area contributed by atoms with E-state index in [0.29, 0.717) is 19.2 Å². The van der Waals surface area contributed by atoms with Gasteiger partial charge in [0, 0.05) is 41.4 Å². The molecule has 0 heterocycles. The highest BCUT2D eigenvalue weighted by atomic mass is 32.2. The van der Waals surface area contributed by atoms with Crippen molar-refractivity contribution >= 4 is 16.8 Å². The second-order valence-corrected chi connectivity index (χ2v) is 9.79. The van der Waals surface area contributed by atoms with E-state index in [1.807, 2.05) is 37.3 Å². The van der Waals surface area contributed by atoms with Gasteiger partial charge in [-0.2, -0.15) is 0 Å². The zero-order chi connectivity index (χ0) is 22.1. The van der Waals surface area contributed by atoms with Crippen LogP contribution in [-0.4, -0.2) is 34.3 Å². The molecule has 0 aromatic heterocycles. The zero-order valence-electron chi connectivity index (χ0n) is 18.3. The summed E-state index contributed by atoms with van der Waals surface area (Å²) in [4.78, 5) is 4.34. The fraction of sp³-hybridized carbons (Fsp3) is 0.458. The summed E-state index contributed by atoms with van der Waals surface area (Å²) in [6.07, 6.45) is 4.16. The quantitative estimate of drug-likeness (QED) is 0.473. The number of hydrogen-bond donors (Lipinski definition) is 2. The van der Waals surface area contributed by atoms with Crippen molar-refractivity contribution in [3.8, 4) is 5.75 Å². The lowest BCUT2D eigenvalue weighted by atomic mass is 9.95. The van der Waals surface area contributed by atoms with E-state index in [4.69, 9.17) is 4.74 Å². The average molecular weight is 446 g/mol. The molecule has 1 saturated carbocycles. The minimum absolute atomic E-state index is 0.258. The molecule has 0 bridgehead atoms. The summed E-state index contributed by atoms with van der Waals surface area (Å²) in [5, 5.41) is 7.13. The van der Waals surface area contributed by atoms with Crippen molar-refractivity contribution in [2.45, 2.75) is 57.1 Å². The third kappa shape index (κ3) is 7.35. The Balaban J connectivity index is 1.45. The summed E-state index contributed by atoms with van der Waals surface area (Å²) in [6, 6.07) is 14.6. The van der Waals surface area contributed by atoms with Crippen LogP contribution in [-0.2, 0) is 24.0 Å². The zero-order valence-corrected chi connectivity index (χ0v) is 19.1. The van der Waals surface area contributed by atoms with Gasteiger partial charge in [0.2, 0.25) is 0 Å². The number of rotatable bonds is 8. The standard InChI is InChI=1S/C24H32FN3O2S/c1-3-31(29)23-9-5-8-21(15-23)28-24(26-2)27-16-18-10-12-22(13-11-18)30-17-19-6-4-7-20(25)14-19/h4,6-7,10-14,21,23H,3,5,8-9,15-17H2,1-2H3,(H2,26,27,28). The van der Waals surface area contributed by atoms with Gasteiger partial charge in [-0.15, -0.1) is 0 Å². The van der Waals surface area contributed by atoms with Crippen LogP contribution in [0.25, 0.3) is 0 Å². The van der Waals surface area contributed by atoms with Crippen LogP contribution in [0.15, 0.2) is 53.5 Å². The van der Waals surface area contributed by atoms with Gasteiger partial charge in [-0.3, -0.25) is 9.20 Å². The topological polar surface area (TPSA) is 62.7 Å². The van der Waals surface area contributed by atoms with Crippen molar-refractivity contribution in [3.05, 3.63) is 65.5 Å². The van der Waals surface area contributed by atoms with Gasteiger partial charge in [-0.05, 0) is 54.7 Å². The predicted molar refractivity (Wildman–Crippen MR) is 125 cm³/mol. The molecule has 0 radical (unpaired) electrons. The molecule has 1 fully saturated rings. The van der Waals surface area contributed by atoms with Gasteiger partial charge in [0.1, 0.15) is 18.2 Å². The first-order valence-corrected chi connectivity index (χ1v) is 12.3. The smallest absolute Gasteiger partial charge is 0.191 e. The highest BCUT2D eigenvalue weighted by molar-refractivity contribution is 7.85. The van der Waals surface area contributed by atoms with Gasteiger partial charge in [0.25, 0.3) is 0 Å².